The van der Waals surface area contributed by atoms with Crippen LogP contribution in [0.1, 0.15) is 31.0 Å². The maximum Gasteiger partial charge on any atom is 0.417 e. The van der Waals surface area contributed by atoms with E-state index in [1.807, 2.05) is 42.2 Å². The van der Waals surface area contributed by atoms with Crippen LogP contribution in [0.3, 0.4) is 0 Å². The zero-order valence-corrected chi connectivity index (χ0v) is 18.7. The summed E-state index contributed by atoms with van der Waals surface area (Å²) < 4.78 is 66.7. The lowest BCUT2D eigenvalue weighted by Gasteiger charge is -2.37. The van der Waals surface area contributed by atoms with Crippen molar-refractivity contribution in [1.29, 1.82) is 0 Å². The van der Waals surface area contributed by atoms with Gasteiger partial charge in [-0.2, -0.15) is 17.5 Å². The molecule has 0 spiro atoms. The number of benzene rings is 2. The minimum Gasteiger partial charge on any atom is -0.348 e. The van der Waals surface area contributed by atoms with E-state index in [-0.39, 0.29) is 38.1 Å². The minimum absolute atomic E-state index is 0.000381. The van der Waals surface area contributed by atoms with Gasteiger partial charge >= 0.3 is 6.18 Å². The first-order chi connectivity index (χ1) is 15.0. The van der Waals surface area contributed by atoms with E-state index in [0.29, 0.717) is 0 Å². The minimum atomic E-state index is -4.77. The van der Waals surface area contributed by atoms with Crippen LogP contribution in [0.4, 0.5) is 13.2 Å². The molecular weight excluding hydrogens is 443 g/mol. The van der Waals surface area contributed by atoms with Gasteiger partial charge in [0.25, 0.3) is 0 Å². The van der Waals surface area contributed by atoms with Crippen molar-refractivity contribution < 1.29 is 26.4 Å². The number of sulfonamides is 1. The monoisotopic (exact) mass is 469 g/mol. The highest BCUT2D eigenvalue weighted by Crippen LogP contribution is 2.35. The average molecular weight is 470 g/mol. The van der Waals surface area contributed by atoms with E-state index in [9.17, 15) is 26.4 Å². The molecule has 0 unspecified atom stereocenters. The fourth-order valence-electron chi connectivity index (χ4n) is 3.72. The number of alkyl halides is 3. The topological polar surface area (TPSA) is 69.7 Å². The number of piperazine rings is 1. The Morgan fingerprint density at radius 1 is 0.938 bits per heavy atom. The molecule has 0 aliphatic carbocycles. The molecule has 2 aromatic rings. The van der Waals surface area contributed by atoms with Gasteiger partial charge < -0.3 is 5.32 Å². The molecule has 1 aliphatic rings. The summed E-state index contributed by atoms with van der Waals surface area (Å²) in [5, 5.41) is 2.95. The number of nitrogens with one attached hydrogen (secondary N) is 1. The maximum atomic E-state index is 13.3. The molecule has 0 radical (unpaired) electrons. The third kappa shape index (κ3) is 5.31. The zero-order valence-electron chi connectivity index (χ0n) is 17.8. The molecule has 1 fully saturated rings. The Balaban J connectivity index is 1.64. The molecule has 1 N–H and O–H groups in total. The summed E-state index contributed by atoms with van der Waals surface area (Å²) in [6.45, 7) is 4.09. The zero-order chi connectivity index (χ0) is 23.5. The van der Waals surface area contributed by atoms with Gasteiger partial charge in [-0.25, -0.2) is 8.42 Å². The molecule has 0 saturated carbocycles. The number of nitrogens with zero attached hydrogens (tertiary/aromatic N) is 2. The Bertz CT molecular complexity index is 1040. The highest BCUT2D eigenvalue weighted by Gasteiger charge is 2.40. The van der Waals surface area contributed by atoms with Crippen LogP contribution >= 0.6 is 0 Å². The Morgan fingerprint density at radius 2 is 1.50 bits per heavy atom. The summed E-state index contributed by atoms with van der Waals surface area (Å²) in [6, 6.07) is 13.0. The lowest BCUT2D eigenvalue weighted by atomic mass is 10.1. The largest absolute Gasteiger partial charge is 0.417 e. The molecule has 6 nitrogen and oxygen atoms in total. The molecule has 32 heavy (non-hydrogen) atoms. The van der Waals surface area contributed by atoms with E-state index in [1.165, 1.54) is 6.07 Å². The van der Waals surface area contributed by atoms with E-state index >= 15 is 0 Å². The summed E-state index contributed by atoms with van der Waals surface area (Å²) in [6.07, 6.45) is -4.77. The summed E-state index contributed by atoms with van der Waals surface area (Å²) >= 11 is 0. The van der Waals surface area contributed by atoms with Crippen LogP contribution in [0.2, 0.25) is 0 Å². The Labute approximate surface area is 186 Å². The van der Waals surface area contributed by atoms with Gasteiger partial charge in [0.15, 0.2) is 0 Å². The Kier molecular flexibility index (Phi) is 7.26. The predicted octanol–water partition coefficient (Wildman–Crippen LogP) is 3.28. The summed E-state index contributed by atoms with van der Waals surface area (Å²) in [4.78, 5) is 13.8. The van der Waals surface area contributed by atoms with Crippen molar-refractivity contribution in [1.82, 2.24) is 14.5 Å². The highest BCUT2D eigenvalue weighted by atomic mass is 32.2. The number of carbonyl (C=O) groups is 1. The normalized spacial score (nSPS) is 18.2. The SMILES string of the molecule is C[C@H](NC(=O)[C@H](C)N1CCN(S(=O)(=O)c2ccccc2C(F)(F)F)CC1)c1ccccc1. The van der Waals surface area contributed by atoms with E-state index in [4.69, 9.17) is 0 Å². The standard InChI is InChI=1S/C22H26F3N3O3S/c1-16(18-8-4-3-5-9-18)26-21(29)17(2)27-12-14-28(15-13-27)32(30,31)20-11-7-6-10-19(20)22(23,24)25/h3-11,16-17H,12-15H2,1-2H3,(H,26,29)/t16-,17-/m0/s1. The molecule has 2 aromatic carbocycles. The molecule has 3 rings (SSSR count). The smallest absolute Gasteiger partial charge is 0.348 e. The summed E-state index contributed by atoms with van der Waals surface area (Å²) in [5.41, 5.74) is -0.211. The number of hydrogen-bond acceptors (Lipinski definition) is 4. The third-order valence-electron chi connectivity index (χ3n) is 5.67. The van der Waals surface area contributed by atoms with Crippen molar-refractivity contribution in [3.05, 3.63) is 65.7 Å². The van der Waals surface area contributed by atoms with Crippen LogP contribution in [-0.2, 0) is 21.0 Å². The fourth-order valence-corrected chi connectivity index (χ4v) is 5.36. The number of carbonyl (C=O) groups excluding carboxylic acids is 1. The lowest BCUT2D eigenvalue weighted by molar-refractivity contribution is -0.140. The van der Waals surface area contributed by atoms with E-state index in [2.05, 4.69) is 5.32 Å². The van der Waals surface area contributed by atoms with E-state index in [1.54, 1.807) is 6.92 Å². The van der Waals surface area contributed by atoms with Gasteiger partial charge in [0.1, 0.15) is 0 Å². The number of rotatable bonds is 6. The molecule has 174 valence electrons. The quantitative estimate of drug-likeness (QED) is 0.705. The summed E-state index contributed by atoms with van der Waals surface area (Å²) in [5.74, 6) is -0.194. The van der Waals surface area contributed by atoms with Gasteiger partial charge in [0, 0.05) is 26.2 Å². The molecular formula is C22H26F3N3O3S. The molecule has 0 bridgehead atoms. The lowest BCUT2D eigenvalue weighted by Crippen LogP contribution is -2.55. The third-order valence-corrected chi connectivity index (χ3v) is 7.63. The van der Waals surface area contributed by atoms with Gasteiger partial charge in [-0.3, -0.25) is 9.69 Å². The van der Waals surface area contributed by atoms with Crippen molar-refractivity contribution in [3.8, 4) is 0 Å². The molecule has 1 amide bonds. The van der Waals surface area contributed by atoms with Gasteiger partial charge in [-0.15, -0.1) is 0 Å². The fraction of sp³-hybridized carbons (Fsp3) is 0.409. The van der Waals surface area contributed by atoms with Crippen LogP contribution in [0.25, 0.3) is 0 Å². The van der Waals surface area contributed by atoms with E-state index < -0.39 is 32.7 Å². The van der Waals surface area contributed by atoms with Crippen LogP contribution in [0, 0.1) is 0 Å². The van der Waals surface area contributed by atoms with Gasteiger partial charge in [-0.1, -0.05) is 42.5 Å². The molecule has 10 heteroatoms. The molecule has 2 atom stereocenters. The van der Waals surface area contributed by atoms with Crippen LogP contribution in [0.5, 0.6) is 0 Å². The second kappa shape index (κ2) is 9.60. The van der Waals surface area contributed by atoms with Crippen molar-refractivity contribution in [2.75, 3.05) is 26.2 Å². The average Bonchev–Trinajstić information content (AvgIpc) is 2.78. The van der Waals surface area contributed by atoms with Crippen molar-refractivity contribution in [2.24, 2.45) is 0 Å². The molecule has 1 heterocycles. The first-order valence-electron chi connectivity index (χ1n) is 10.3. The first-order valence-corrected chi connectivity index (χ1v) is 11.7. The van der Waals surface area contributed by atoms with Gasteiger partial charge in [0.05, 0.1) is 22.5 Å². The molecule has 1 saturated heterocycles. The van der Waals surface area contributed by atoms with Crippen LogP contribution in [-0.4, -0.2) is 55.8 Å². The highest BCUT2D eigenvalue weighted by molar-refractivity contribution is 7.89. The Hall–Kier alpha value is -2.43. The van der Waals surface area contributed by atoms with Crippen molar-refractivity contribution >= 4 is 15.9 Å². The van der Waals surface area contributed by atoms with Gasteiger partial charge in [0.2, 0.25) is 15.9 Å². The summed E-state index contributed by atoms with van der Waals surface area (Å²) in [7, 11) is -4.31. The van der Waals surface area contributed by atoms with E-state index in [0.717, 1.165) is 28.1 Å². The second-order valence-corrected chi connectivity index (χ2v) is 9.66. The molecule has 1 aliphatic heterocycles. The number of halogens is 3. The Morgan fingerprint density at radius 3 is 2.09 bits per heavy atom. The van der Waals surface area contributed by atoms with Gasteiger partial charge in [-0.05, 0) is 31.5 Å². The van der Waals surface area contributed by atoms with Crippen LogP contribution in [0.15, 0.2) is 59.5 Å². The maximum absolute atomic E-state index is 13.3. The first kappa shape index (κ1) is 24.2. The van der Waals surface area contributed by atoms with Crippen molar-refractivity contribution in [3.63, 3.8) is 0 Å². The second-order valence-electron chi connectivity index (χ2n) is 7.75. The molecule has 0 aromatic heterocycles. The van der Waals surface area contributed by atoms with Crippen LogP contribution < -0.4 is 5.32 Å². The number of hydrogen-bond donors (Lipinski definition) is 1. The predicted molar refractivity (Wildman–Crippen MR) is 114 cm³/mol. The number of amides is 1. The van der Waals surface area contributed by atoms with Crippen molar-refractivity contribution in [2.45, 2.75) is 37.0 Å².